The Morgan fingerprint density at radius 1 is 0.725 bits per heavy atom. The number of hydrogen-bond acceptors (Lipinski definition) is 4. The molecule has 0 fully saturated rings. The van der Waals surface area contributed by atoms with E-state index in [4.69, 9.17) is 5.11 Å². The maximum atomic E-state index is 13.1. The van der Waals surface area contributed by atoms with Crippen molar-refractivity contribution in [2.75, 3.05) is 18.9 Å². The van der Waals surface area contributed by atoms with Crippen LogP contribution in [-0.4, -0.2) is 40.6 Å². The molecule has 0 aliphatic rings. The molecule has 0 bridgehead atoms. The van der Waals surface area contributed by atoms with Crippen LogP contribution in [-0.2, 0) is 13.0 Å². The molecule has 0 spiro atoms. The van der Waals surface area contributed by atoms with Crippen molar-refractivity contribution in [3.05, 3.63) is 131 Å². The van der Waals surface area contributed by atoms with Gasteiger partial charge in [-0.3, -0.25) is 4.79 Å². The van der Waals surface area contributed by atoms with E-state index in [2.05, 4.69) is 29.6 Å². The number of carbonyl (C=O) groups is 2. The molecule has 0 saturated carbocycles. The molecule has 5 rings (SSSR count). The summed E-state index contributed by atoms with van der Waals surface area (Å²) in [6, 6.07) is 34.0. The summed E-state index contributed by atoms with van der Waals surface area (Å²) < 4.78 is 0. The van der Waals surface area contributed by atoms with Gasteiger partial charge in [0.15, 0.2) is 0 Å². The van der Waals surface area contributed by atoms with Crippen LogP contribution in [0.1, 0.15) is 31.8 Å². The number of carbonyl (C=O) groups excluding carboxylic acids is 1. The zero-order chi connectivity index (χ0) is 28.1. The predicted molar refractivity (Wildman–Crippen MR) is 159 cm³/mol. The zero-order valence-corrected chi connectivity index (χ0v) is 22.2. The highest BCUT2D eigenvalue weighted by atomic mass is 16.4. The Balaban J connectivity index is 1.20. The number of aromatic hydroxyl groups is 1. The first-order valence-electron chi connectivity index (χ1n) is 13.1. The third-order valence-corrected chi connectivity index (χ3v) is 6.90. The third kappa shape index (κ3) is 6.30. The molecule has 3 N–H and O–H groups in total. The number of phenolic OH excluding ortho intramolecular Hbond substituents is 1. The van der Waals surface area contributed by atoms with Gasteiger partial charge in [-0.25, -0.2) is 4.79 Å². The number of amides is 1. The van der Waals surface area contributed by atoms with E-state index < -0.39 is 5.97 Å². The van der Waals surface area contributed by atoms with E-state index in [0.29, 0.717) is 24.2 Å². The van der Waals surface area contributed by atoms with Gasteiger partial charge in [-0.15, -0.1) is 0 Å². The van der Waals surface area contributed by atoms with Crippen LogP contribution < -0.4 is 5.32 Å². The van der Waals surface area contributed by atoms with E-state index in [1.165, 1.54) is 0 Å². The van der Waals surface area contributed by atoms with Crippen molar-refractivity contribution < 1.29 is 19.8 Å². The molecule has 0 aromatic heterocycles. The molecule has 6 nitrogen and oxygen atoms in total. The first-order chi connectivity index (χ1) is 19.4. The molecule has 0 atom stereocenters. The molecule has 0 saturated heterocycles. The minimum Gasteiger partial charge on any atom is -0.508 e. The van der Waals surface area contributed by atoms with Gasteiger partial charge in [0.2, 0.25) is 0 Å². The van der Waals surface area contributed by atoms with Gasteiger partial charge in [-0.1, -0.05) is 54.6 Å². The molecule has 5 aromatic rings. The fourth-order valence-corrected chi connectivity index (χ4v) is 4.77. The van der Waals surface area contributed by atoms with Gasteiger partial charge in [0.25, 0.3) is 5.91 Å². The van der Waals surface area contributed by atoms with Gasteiger partial charge in [-0.2, -0.15) is 0 Å². The summed E-state index contributed by atoms with van der Waals surface area (Å²) in [4.78, 5) is 26.0. The van der Waals surface area contributed by atoms with Crippen molar-refractivity contribution >= 4 is 28.3 Å². The number of carboxylic acid groups (broad SMARTS) is 1. The Labute approximate surface area is 233 Å². The first-order valence-corrected chi connectivity index (χ1v) is 13.1. The second kappa shape index (κ2) is 11.7. The van der Waals surface area contributed by atoms with Crippen molar-refractivity contribution in [1.29, 1.82) is 0 Å². The average molecular weight is 531 g/mol. The van der Waals surface area contributed by atoms with E-state index in [1.807, 2.05) is 48.5 Å². The van der Waals surface area contributed by atoms with Crippen molar-refractivity contribution in [3.8, 4) is 16.9 Å². The summed E-state index contributed by atoms with van der Waals surface area (Å²) in [7, 11) is 1.80. The quantitative estimate of drug-likeness (QED) is 0.194. The SMILES string of the molecule is CN(Cc1cccc(-c2ccc(NCCc3cccc(C(=O)O)c3)cc2)c1)C(=O)c1ccc2cc(O)ccc2c1. The van der Waals surface area contributed by atoms with E-state index in [0.717, 1.165) is 45.1 Å². The lowest BCUT2D eigenvalue weighted by atomic mass is 10.0. The highest BCUT2D eigenvalue weighted by Gasteiger charge is 2.13. The molecule has 0 aliphatic carbocycles. The number of aromatic carboxylic acids is 1. The fourth-order valence-electron chi connectivity index (χ4n) is 4.77. The molecule has 1 amide bonds. The van der Waals surface area contributed by atoms with Crippen molar-refractivity contribution in [3.63, 3.8) is 0 Å². The summed E-state index contributed by atoms with van der Waals surface area (Å²) in [6.07, 6.45) is 0.722. The van der Waals surface area contributed by atoms with E-state index in [-0.39, 0.29) is 11.7 Å². The van der Waals surface area contributed by atoms with Crippen LogP contribution >= 0.6 is 0 Å². The Morgan fingerprint density at radius 3 is 2.25 bits per heavy atom. The summed E-state index contributed by atoms with van der Waals surface area (Å²) in [5.74, 6) is -0.777. The van der Waals surface area contributed by atoms with Gasteiger partial charge >= 0.3 is 5.97 Å². The fraction of sp³-hybridized carbons (Fsp3) is 0.118. The van der Waals surface area contributed by atoms with Gasteiger partial charge in [0, 0.05) is 31.4 Å². The molecule has 6 heteroatoms. The third-order valence-electron chi connectivity index (χ3n) is 6.90. The second-order valence-corrected chi connectivity index (χ2v) is 9.87. The highest BCUT2D eigenvalue weighted by molar-refractivity contribution is 5.98. The van der Waals surface area contributed by atoms with Crippen LogP contribution in [0, 0.1) is 0 Å². The van der Waals surface area contributed by atoms with Crippen molar-refractivity contribution in [2.24, 2.45) is 0 Å². The van der Waals surface area contributed by atoms with Crippen LogP contribution in [0.15, 0.2) is 109 Å². The standard InChI is InChI=1S/C34H30N2O4/c1-36(33(38)29-9-8-28-21-32(37)15-12-27(28)20-29)22-24-5-3-6-26(19-24)25-10-13-31(14-11-25)35-17-16-23-4-2-7-30(18-23)34(39)40/h2-15,18-21,35,37H,16-17,22H2,1H3,(H,39,40). The van der Waals surface area contributed by atoms with Gasteiger partial charge in [0.1, 0.15) is 5.75 Å². The summed E-state index contributed by atoms with van der Waals surface area (Å²) in [6.45, 7) is 1.17. The number of phenols is 1. The zero-order valence-electron chi connectivity index (χ0n) is 22.2. The Kier molecular flexibility index (Phi) is 7.78. The smallest absolute Gasteiger partial charge is 0.335 e. The Bertz CT molecular complexity index is 1680. The van der Waals surface area contributed by atoms with Crippen molar-refractivity contribution in [2.45, 2.75) is 13.0 Å². The molecule has 0 heterocycles. The molecule has 5 aromatic carbocycles. The number of nitrogens with one attached hydrogen (secondary N) is 1. The normalized spacial score (nSPS) is 10.8. The second-order valence-electron chi connectivity index (χ2n) is 9.87. The van der Waals surface area contributed by atoms with Gasteiger partial charge in [-0.05, 0) is 94.0 Å². The summed E-state index contributed by atoms with van der Waals surface area (Å²) in [5.41, 5.74) is 6.05. The molecular formula is C34H30N2O4. The maximum absolute atomic E-state index is 13.1. The van der Waals surface area contributed by atoms with Crippen molar-refractivity contribution in [1.82, 2.24) is 4.90 Å². The molecule has 0 aliphatic heterocycles. The molecular weight excluding hydrogens is 500 g/mol. The van der Waals surface area contributed by atoms with Crippen LogP contribution in [0.25, 0.3) is 21.9 Å². The van der Waals surface area contributed by atoms with E-state index in [1.54, 1.807) is 48.3 Å². The molecule has 200 valence electrons. The number of benzene rings is 5. The topological polar surface area (TPSA) is 89.9 Å². The van der Waals surface area contributed by atoms with Crippen LogP contribution in [0.3, 0.4) is 0 Å². The number of nitrogens with zero attached hydrogens (tertiary/aromatic N) is 1. The average Bonchev–Trinajstić information content (AvgIpc) is 2.97. The Morgan fingerprint density at radius 2 is 1.45 bits per heavy atom. The highest BCUT2D eigenvalue weighted by Crippen LogP contribution is 2.25. The van der Waals surface area contributed by atoms with Crippen LogP contribution in [0.5, 0.6) is 5.75 Å². The van der Waals surface area contributed by atoms with Gasteiger partial charge in [0.05, 0.1) is 5.56 Å². The Hall–Kier alpha value is -5.10. The predicted octanol–water partition coefficient (Wildman–Crippen LogP) is 6.84. The summed E-state index contributed by atoms with van der Waals surface area (Å²) >= 11 is 0. The largest absolute Gasteiger partial charge is 0.508 e. The number of carboxylic acids is 1. The number of hydrogen-bond donors (Lipinski definition) is 3. The van der Waals surface area contributed by atoms with E-state index in [9.17, 15) is 14.7 Å². The number of fused-ring (bicyclic) bond motifs is 1. The number of anilines is 1. The first kappa shape index (κ1) is 26.5. The molecule has 0 unspecified atom stereocenters. The lowest BCUT2D eigenvalue weighted by Gasteiger charge is -2.18. The van der Waals surface area contributed by atoms with E-state index >= 15 is 0 Å². The minimum absolute atomic E-state index is 0.0644. The van der Waals surface area contributed by atoms with Crippen LogP contribution in [0.2, 0.25) is 0 Å². The van der Waals surface area contributed by atoms with Crippen LogP contribution in [0.4, 0.5) is 5.69 Å². The monoisotopic (exact) mass is 530 g/mol. The summed E-state index contributed by atoms with van der Waals surface area (Å²) in [5, 5.41) is 24.0. The lowest BCUT2D eigenvalue weighted by molar-refractivity contribution is 0.0696. The lowest BCUT2D eigenvalue weighted by Crippen LogP contribution is -2.26. The molecule has 40 heavy (non-hydrogen) atoms. The molecule has 0 radical (unpaired) electrons. The maximum Gasteiger partial charge on any atom is 0.335 e. The minimum atomic E-state index is -0.916. The number of rotatable bonds is 9. The van der Waals surface area contributed by atoms with Gasteiger partial charge < -0.3 is 20.4 Å².